The average Bonchev–Trinajstić information content (AvgIpc) is 0.851. The first kappa shape index (κ1) is 58.1. The van der Waals surface area contributed by atoms with Crippen LogP contribution in [0.4, 0.5) is 35.1 Å². The molecule has 0 saturated carbocycles. The van der Waals surface area contributed by atoms with Crippen molar-refractivity contribution in [2.75, 3.05) is 14.2 Å². The van der Waals surface area contributed by atoms with Gasteiger partial charge in [0.25, 0.3) is 10.1 Å². The van der Waals surface area contributed by atoms with Crippen molar-refractivity contribution in [3.8, 4) is 113 Å². The number of rotatable bonds is 14. The van der Waals surface area contributed by atoms with E-state index in [1.54, 1.807) is 7.11 Å². The predicted molar refractivity (Wildman–Crippen MR) is 328 cm³/mol. The van der Waals surface area contributed by atoms with E-state index < -0.39 is 89.9 Å². The molecule has 0 aliphatic heterocycles. The van der Waals surface area contributed by atoms with Crippen molar-refractivity contribution in [1.29, 1.82) is 0 Å². The van der Waals surface area contributed by atoms with Gasteiger partial charge in [0.1, 0.15) is 27.9 Å². The first-order valence-corrected chi connectivity index (χ1v) is 28.9. The van der Waals surface area contributed by atoms with Crippen molar-refractivity contribution < 1.29 is 67.0 Å². The van der Waals surface area contributed by atoms with Crippen LogP contribution in [-0.2, 0) is 10.1 Å². The van der Waals surface area contributed by atoms with Gasteiger partial charge in [-0.3, -0.25) is 4.55 Å². The number of nitrogens with zero attached hydrogens (tertiary/aromatic N) is 2. The molecule has 1 N–H and O–H groups in total. The molecule has 0 unspecified atom stereocenters. The molecule has 18 heteroatoms. The SMILES string of the molecule is COc1ccc(-c2ccc3nc(-c4cccc(-c5cc(-c6ccccc6)c6cc(-c7ccc(Oc8c(F)c(F)c(-c9c(F)c(F)c(Oc%10cc(S(=O)(=O)O)c%11ccc(OC)cc%11c%10)c(F)c9F)c(F)c8F)cc7)ccc6n5)c4)cc(-c4ccccc4)c3c2)cc1. The summed E-state index contributed by atoms with van der Waals surface area (Å²) in [5, 5.41) is 1.57. The molecule has 444 valence electrons. The predicted octanol–water partition coefficient (Wildman–Crippen LogP) is 19.6. The Morgan fingerprint density at radius 2 is 0.744 bits per heavy atom. The van der Waals surface area contributed by atoms with Crippen LogP contribution in [-0.4, -0.2) is 37.2 Å². The molecule has 2 aromatic heterocycles. The summed E-state index contributed by atoms with van der Waals surface area (Å²) < 4.78 is 182. The fourth-order valence-electron chi connectivity index (χ4n) is 10.9. The van der Waals surface area contributed by atoms with Crippen LogP contribution in [0.5, 0.6) is 34.5 Å². The number of fused-ring (bicyclic) bond motifs is 3. The maximum atomic E-state index is 15.9. The van der Waals surface area contributed by atoms with E-state index in [1.807, 2.05) is 121 Å². The number of hydrogen-bond donors (Lipinski definition) is 1. The Hall–Kier alpha value is -11.0. The largest absolute Gasteiger partial charge is 0.497 e. The number of benzene rings is 11. The first-order valence-electron chi connectivity index (χ1n) is 27.5. The molecule has 13 rings (SSSR count). The number of hydrogen-bond acceptors (Lipinski definition) is 8. The third-order valence-corrected chi connectivity index (χ3v) is 16.3. The lowest BCUT2D eigenvalue weighted by Crippen LogP contribution is -2.09. The molecule has 11 aromatic carbocycles. The number of methoxy groups -OCH3 is 2. The standard InChI is InChI=1S/C72H42F8N2O7S/c1-86-47-22-16-38(17-23-47)42-20-28-56-54(33-42)52(40-10-5-3-6-11-40)36-58(81-56)44-14-9-15-45(30-44)59-37-53(41-12-7-4-8-13-41)55-34-43(21-29-57(55)82-59)39-18-24-48(25-19-39)88-71-67(77)63(73)61(64(74)68(71)78)62-65(75)69(79)72(70(80)66(62)76)89-50-32-46-31-49(87-2)26-27-51(46)60(35-50)90(83,84)85/h3-37H,1-2H3,(H,83,84,85). The van der Waals surface area contributed by atoms with Crippen LogP contribution in [0.15, 0.2) is 217 Å². The fourth-order valence-corrected chi connectivity index (χ4v) is 11.6. The number of ether oxygens (including phenoxy) is 4. The lowest BCUT2D eigenvalue weighted by molar-refractivity contribution is 0.360. The summed E-state index contributed by atoms with van der Waals surface area (Å²) in [4.78, 5) is 9.49. The van der Waals surface area contributed by atoms with Gasteiger partial charge in [0, 0.05) is 33.4 Å². The van der Waals surface area contributed by atoms with Crippen LogP contribution in [0.25, 0.3) is 111 Å². The molecule has 0 bridgehead atoms. The highest BCUT2D eigenvalue weighted by molar-refractivity contribution is 7.86. The van der Waals surface area contributed by atoms with E-state index in [1.165, 1.54) is 49.6 Å². The smallest absolute Gasteiger partial charge is 0.295 e. The first-order chi connectivity index (χ1) is 43.4. The molecule has 0 atom stereocenters. The lowest BCUT2D eigenvalue weighted by Gasteiger charge is -2.17. The van der Waals surface area contributed by atoms with Crippen LogP contribution >= 0.6 is 0 Å². The second-order valence-corrected chi connectivity index (χ2v) is 22.1. The maximum absolute atomic E-state index is 15.9. The van der Waals surface area contributed by atoms with Gasteiger partial charge >= 0.3 is 0 Å². The Morgan fingerprint density at radius 3 is 1.19 bits per heavy atom. The molecule has 0 fully saturated rings. The van der Waals surface area contributed by atoms with Crippen LogP contribution < -0.4 is 18.9 Å². The van der Waals surface area contributed by atoms with Crippen molar-refractivity contribution in [1.82, 2.24) is 9.97 Å². The Labute approximate surface area is 508 Å². The third-order valence-electron chi connectivity index (χ3n) is 15.4. The highest BCUT2D eigenvalue weighted by Gasteiger charge is 2.36. The Kier molecular flexibility index (Phi) is 15.0. The molecular formula is C72H42F8N2O7S. The minimum atomic E-state index is -5.07. The van der Waals surface area contributed by atoms with Gasteiger partial charge in [-0.05, 0) is 141 Å². The highest BCUT2D eigenvalue weighted by atomic mass is 32.2. The minimum absolute atomic E-state index is 0.0584. The second kappa shape index (κ2) is 23.3. The van der Waals surface area contributed by atoms with Gasteiger partial charge in [-0.1, -0.05) is 115 Å². The van der Waals surface area contributed by atoms with Gasteiger partial charge in [0.15, 0.2) is 23.3 Å². The topological polar surface area (TPSA) is 117 Å². The summed E-state index contributed by atoms with van der Waals surface area (Å²) in [6, 6.07) is 62.6. The summed E-state index contributed by atoms with van der Waals surface area (Å²) >= 11 is 0. The van der Waals surface area contributed by atoms with Crippen LogP contribution in [0.2, 0.25) is 0 Å². The molecule has 0 saturated heterocycles. The van der Waals surface area contributed by atoms with Gasteiger partial charge in [-0.25, -0.2) is 27.5 Å². The zero-order valence-electron chi connectivity index (χ0n) is 46.9. The zero-order valence-corrected chi connectivity index (χ0v) is 47.7. The Morgan fingerprint density at radius 1 is 0.344 bits per heavy atom. The van der Waals surface area contributed by atoms with Crippen LogP contribution in [0.3, 0.4) is 0 Å². The van der Waals surface area contributed by atoms with Crippen molar-refractivity contribution in [2.24, 2.45) is 0 Å². The summed E-state index contributed by atoms with van der Waals surface area (Å²) in [7, 11) is -2.17. The van der Waals surface area contributed by atoms with Crippen molar-refractivity contribution in [3.05, 3.63) is 259 Å². The molecular weight excluding hydrogens is 1190 g/mol. The average molecular weight is 1230 g/mol. The third kappa shape index (κ3) is 10.7. The van der Waals surface area contributed by atoms with Crippen molar-refractivity contribution in [3.63, 3.8) is 0 Å². The lowest BCUT2D eigenvalue weighted by atomic mass is 9.94. The summed E-state index contributed by atoms with van der Waals surface area (Å²) in [5.41, 5.74) is 7.33. The normalized spacial score (nSPS) is 11.6. The summed E-state index contributed by atoms with van der Waals surface area (Å²) in [5.74, 6) is -23.4. The molecule has 0 radical (unpaired) electrons. The fraction of sp³-hybridized carbons (Fsp3) is 0.0278. The second-order valence-electron chi connectivity index (χ2n) is 20.7. The molecule has 9 nitrogen and oxygen atoms in total. The van der Waals surface area contributed by atoms with Crippen molar-refractivity contribution in [2.45, 2.75) is 4.90 Å². The van der Waals surface area contributed by atoms with Gasteiger partial charge in [0.05, 0.1) is 47.8 Å². The van der Waals surface area contributed by atoms with Gasteiger partial charge < -0.3 is 18.9 Å². The maximum Gasteiger partial charge on any atom is 0.295 e. The Bertz CT molecular complexity index is 5100. The van der Waals surface area contributed by atoms with E-state index >= 15 is 35.1 Å². The monoisotopic (exact) mass is 1230 g/mol. The molecule has 0 aliphatic carbocycles. The summed E-state index contributed by atoms with van der Waals surface area (Å²) in [6.45, 7) is 0. The van der Waals surface area contributed by atoms with Gasteiger partial charge in [-0.15, -0.1) is 0 Å². The molecule has 90 heavy (non-hydrogen) atoms. The van der Waals surface area contributed by atoms with E-state index in [0.29, 0.717) is 28.4 Å². The number of pyridine rings is 2. The van der Waals surface area contributed by atoms with Gasteiger partial charge in [-0.2, -0.15) is 26.0 Å². The van der Waals surface area contributed by atoms with E-state index in [4.69, 9.17) is 28.9 Å². The molecule has 0 amide bonds. The zero-order chi connectivity index (χ0) is 62.7. The summed E-state index contributed by atoms with van der Waals surface area (Å²) in [6.07, 6.45) is 0. The number of halogens is 8. The van der Waals surface area contributed by atoms with E-state index in [-0.39, 0.29) is 22.3 Å². The van der Waals surface area contributed by atoms with E-state index in [2.05, 4.69) is 36.4 Å². The van der Waals surface area contributed by atoms with Crippen LogP contribution in [0.1, 0.15) is 0 Å². The highest BCUT2D eigenvalue weighted by Crippen LogP contribution is 2.46. The van der Waals surface area contributed by atoms with Crippen molar-refractivity contribution >= 4 is 42.7 Å². The molecule has 2 heterocycles. The quantitative estimate of drug-likeness (QED) is 0.0645. The molecule has 13 aromatic rings. The Balaban J connectivity index is 0.793. The van der Waals surface area contributed by atoms with Gasteiger partial charge in [0.2, 0.25) is 34.8 Å². The van der Waals surface area contributed by atoms with E-state index in [0.717, 1.165) is 78.3 Å². The number of aromatic nitrogens is 2. The molecule has 0 aliphatic rings. The minimum Gasteiger partial charge on any atom is -0.497 e. The van der Waals surface area contributed by atoms with E-state index in [9.17, 15) is 13.0 Å². The molecule has 0 spiro atoms. The van der Waals surface area contributed by atoms with Crippen LogP contribution in [0, 0.1) is 46.5 Å².